The number of halogens is 1. The Labute approximate surface area is 64.3 Å². The molecule has 1 heterocycles. The molecule has 0 aromatic heterocycles. The smallest absolute Gasteiger partial charge is 0.229 e. The molecule has 3 nitrogen and oxygen atoms in total. The molecule has 0 saturated carbocycles. The molecule has 10 heavy (non-hydrogen) atoms. The zero-order valence-electron chi connectivity index (χ0n) is 5.67. The lowest BCUT2D eigenvalue weighted by Crippen LogP contribution is -2.25. The number of hydrogen-bond donors (Lipinski definition) is 0. The first kappa shape index (κ1) is 7.98. The monoisotopic (exact) mass is 164 g/mol. The summed E-state index contributed by atoms with van der Waals surface area (Å²) in [6.45, 7) is 0.862. The predicted octanol–water partition coefficient (Wildman–Crippen LogP) is 0.413. The van der Waals surface area contributed by atoms with Crippen LogP contribution >= 0.6 is 11.6 Å². The van der Waals surface area contributed by atoms with Crippen LogP contribution in [0.3, 0.4) is 0 Å². The lowest BCUT2D eigenvalue weighted by Gasteiger charge is -2.10. The Morgan fingerprint density at radius 3 is 2.80 bits per heavy atom. The number of hydrogen-bond acceptors (Lipinski definition) is 3. The van der Waals surface area contributed by atoms with Gasteiger partial charge in [-0.3, -0.25) is 4.79 Å². The van der Waals surface area contributed by atoms with Gasteiger partial charge in [0.15, 0.2) is 0 Å². The molecule has 0 bridgehead atoms. The van der Waals surface area contributed by atoms with Gasteiger partial charge in [0.1, 0.15) is 0 Å². The molecule has 2 unspecified atom stereocenters. The average molecular weight is 165 g/mol. The van der Waals surface area contributed by atoms with E-state index in [1.54, 1.807) is 7.11 Å². The second kappa shape index (κ2) is 3.32. The highest BCUT2D eigenvalue weighted by Crippen LogP contribution is 2.18. The lowest BCUT2D eigenvalue weighted by atomic mass is 10.1. The molecule has 1 aliphatic rings. The van der Waals surface area contributed by atoms with Crippen LogP contribution in [0.1, 0.15) is 0 Å². The Kier molecular flexibility index (Phi) is 2.65. The van der Waals surface area contributed by atoms with E-state index in [4.69, 9.17) is 21.1 Å². The maximum Gasteiger partial charge on any atom is 0.229 e. The maximum absolute atomic E-state index is 10.6. The van der Waals surface area contributed by atoms with Crippen molar-refractivity contribution in [1.82, 2.24) is 0 Å². The third-order valence-electron chi connectivity index (χ3n) is 1.62. The van der Waals surface area contributed by atoms with Gasteiger partial charge in [-0.1, -0.05) is 0 Å². The fraction of sp³-hybridized carbons (Fsp3) is 0.833. The molecular formula is C6H9ClO3. The first-order valence-corrected chi connectivity index (χ1v) is 3.43. The standard InChI is InChI=1S/C6H9ClO3/c1-9-5-3-10-2-4(5)6(7)8/h4-5H,2-3H2,1H3. The van der Waals surface area contributed by atoms with E-state index in [2.05, 4.69) is 0 Å². The van der Waals surface area contributed by atoms with Crippen molar-refractivity contribution in [3.8, 4) is 0 Å². The van der Waals surface area contributed by atoms with Crippen LogP contribution < -0.4 is 0 Å². The molecule has 2 atom stereocenters. The molecule has 1 fully saturated rings. The summed E-state index contributed by atoms with van der Waals surface area (Å²) >= 11 is 5.26. The van der Waals surface area contributed by atoms with E-state index in [9.17, 15) is 4.79 Å². The van der Waals surface area contributed by atoms with Crippen LogP contribution in [-0.2, 0) is 14.3 Å². The van der Waals surface area contributed by atoms with Crippen LogP contribution in [0.4, 0.5) is 0 Å². The quantitative estimate of drug-likeness (QED) is 0.555. The van der Waals surface area contributed by atoms with Gasteiger partial charge in [-0.15, -0.1) is 0 Å². The minimum atomic E-state index is -0.371. The second-order valence-electron chi connectivity index (χ2n) is 2.22. The van der Waals surface area contributed by atoms with E-state index in [-0.39, 0.29) is 17.3 Å². The maximum atomic E-state index is 10.6. The summed E-state index contributed by atoms with van der Waals surface area (Å²) in [6.07, 6.45) is -0.148. The largest absolute Gasteiger partial charge is 0.378 e. The zero-order valence-corrected chi connectivity index (χ0v) is 6.43. The molecule has 0 N–H and O–H groups in total. The average Bonchev–Trinajstić information content (AvgIpc) is 2.33. The number of ether oxygens (including phenoxy) is 2. The molecule has 0 radical (unpaired) electrons. The molecule has 0 amide bonds. The lowest BCUT2D eigenvalue weighted by molar-refractivity contribution is -0.117. The highest BCUT2D eigenvalue weighted by molar-refractivity contribution is 6.64. The van der Waals surface area contributed by atoms with Gasteiger partial charge in [0, 0.05) is 7.11 Å². The van der Waals surface area contributed by atoms with Gasteiger partial charge < -0.3 is 9.47 Å². The molecule has 1 saturated heterocycles. The van der Waals surface area contributed by atoms with Gasteiger partial charge in [0.05, 0.1) is 25.2 Å². The third kappa shape index (κ3) is 1.48. The van der Waals surface area contributed by atoms with Gasteiger partial charge in [0.2, 0.25) is 5.24 Å². The van der Waals surface area contributed by atoms with Crippen molar-refractivity contribution in [3.63, 3.8) is 0 Å². The van der Waals surface area contributed by atoms with E-state index in [1.165, 1.54) is 0 Å². The van der Waals surface area contributed by atoms with Crippen molar-refractivity contribution in [2.75, 3.05) is 20.3 Å². The molecule has 0 aromatic rings. The van der Waals surface area contributed by atoms with Crippen LogP contribution in [-0.4, -0.2) is 31.7 Å². The summed E-state index contributed by atoms with van der Waals surface area (Å²) in [5, 5.41) is -0.371. The summed E-state index contributed by atoms with van der Waals surface area (Å²) < 4.78 is 9.95. The van der Waals surface area contributed by atoms with Gasteiger partial charge in [-0.25, -0.2) is 0 Å². The molecular weight excluding hydrogens is 156 g/mol. The van der Waals surface area contributed by atoms with Crippen LogP contribution in [0.5, 0.6) is 0 Å². The second-order valence-corrected chi connectivity index (χ2v) is 2.59. The number of carbonyl (C=O) groups excluding carboxylic acids is 1. The van der Waals surface area contributed by atoms with Gasteiger partial charge in [-0.05, 0) is 11.6 Å². The van der Waals surface area contributed by atoms with Crippen molar-refractivity contribution >= 4 is 16.8 Å². The molecule has 0 aliphatic carbocycles. The van der Waals surface area contributed by atoms with Crippen molar-refractivity contribution in [3.05, 3.63) is 0 Å². The van der Waals surface area contributed by atoms with Gasteiger partial charge >= 0.3 is 0 Å². The summed E-state index contributed by atoms with van der Waals surface area (Å²) in [4.78, 5) is 10.6. The van der Waals surface area contributed by atoms with E-state index < -0.39 is 0 Å². The Morgan fingerprint density at radius 1 is 1.70 bits per heavy atom. The fourth-order valence-corrected chi connectivity index (χ4v) is 1.18. The highest BCUT2D eigenvalue weighted by atomic mass is 35.5. The number of carbonyl (C=O) groups is 1. The molecule has 1 aliphatic heterocycles. The molecule has 1 rings (SSSR count). The van der Waals surface area contributed by atoms with E-state index in [0.717, 1.165) is 0 Å². The molecule has 0 spiro atoms. The predicted molar refractivity (Wildman–Crippen MR) is 36.0 cm³/mol. The Bertz CT molecular complexity index is 137. The Morgan fingerprint density at radius 2 is 2.40 bits per heavy atom. The highest BCUT2D eigenvalue weighted by Gasteiger charge is 2.32. The molecule has 4 heteroatoms. The summed E-state index contributed by atoms with van der Waals surface area (Å²) in [7, 11) is 1.55. The number of methoxy groups -OCH3 is 1. The van der Waals surface area contributed by atoms with Crippen molar-refractivity contribution in [1.29, 1.82) is 0 Å². The van der Waals surface area contributed by atoms with Gasteiger partial charge in [-0.2, -0.15) is 0 Å². The summed E-state index contributed by atoms with van der Waals surface area (Å²) in [5.41, 5.74) is 0. The molecule has 58 valence electrons. The van der Waals surface area contributed by atoms with E-state index in [0.29, 0.717) is 13.2 Å². The van der Waals surface area contributed by atoms with Crippen LogP contribution in [0.2, 0.25) is 0 Å². The van der Waals surface area contributed by atoms with E-state index >= 15 is 0 Å². The topological polar surface area (TPSA) is 35.5 Å². The minimum absolute atomic E-state index is 0.148. The third-order valence-corrected chi connectivity index (χ3v) is 1.90. The summed E-state index contributed by atoms with van der Waals surface area (Å²) in [6, 6.07) is 0. The van der Waals surface area contributed by atoms with Crippen molar-refractivity contribution in [2.45, 2.75) is 6.10 Å². The molecule has 0 aromatic carbocycles. The van der Waals surface area contributed by atoms with Crippen LogP contribution in [0.25, 0.3) is 0 Å². The fourth-order valence-electron chi connectivity index (χ4n) is 0.979. The van der Waals surface area contributed by atoms with Crippen molar-refractivity contribution < 1.29 is 14.3 Å². The van der Waals surface area contributed by atoms with Crippen molar-refractivity contribution in [2.24, 2.45) is 5.92 Å². The Hall–Kier alpha value is -0.120. The number of rotatable bonds is 2. The van der Waals surface area contributed by atoms with Gasteiger partial charge in [0.25, 0.3) is 0 Å². The van der Waals surface area contributed by atoms with Crippen LogP contribution in [0.15, 0.2) is 0 Å². The first-order chi connectivity index (χ1) is 4.75. The normalized spacial score (nSPS) is 32.6. The summed E-state index contributed by atoms with van der Waals surface area (Å²) in [5.74, 6) is -0.272. The SMILES string of the molecule is COC1COCC1C(=O)Cl. The van der Waals surface area contributed by atoms with E-state index in [1.807, 2.05) is 0 Å². The van der Waals surface area contributed by atoms with Crippen LogP contribution in [0, 0.1) is 5.92 Å². The zero-order chi connectivity index (χ0) is 7.56. The minimum Gasteiger partial charge on any atom is -0.378 e. The Balaban J connectivity index is 2.50. The first-order valence-electron chi connectivity index (χ1n) is 3.05.